The van der Waals surface area contributed by atoms with E-state index < -0.39 is 0 Å². The molecule has 0 radical (unpaired) electrons. The molecule has 1 atom stereocenters. The second-order valence-corrected chi connectivity index (χ2v) is 6.78. The molecule has 0 aromatic heterocycles. The number of amides is 3. The molecule has 6 heteroatoms. The van der Waals surface area contributed by atoms with Crippen LogP contribution in [0.4, 0.5) is 11.4 Å². The van der Waals surface area contributed by atoms with Crippen LogP contribution in [0.25, 0.3) is 0 Å². The van der Waals surface area contributed by atoms with E-state index in [0.717, 1.165) is 29.7 Å². The SMILES string of the molecule is CC(=O)Nc1c(C)ccc(NC(=O)[C@H]2CC(=O)N(C3CC3)C2)c1C. The van der Waals surface area contributed by atoms with Crippen molar-refractivity contribution in [2.45, 2.75) is 46.1 Å². The number of aryl methyl sites for hydroxylation is 1. The van der Waals surface area contributed by atoms with Crippen LogP contribution in [0.1, 0.15) is 37.3 Å². The second-order valence-electron chi connectivity index (χ2n) is 6.78. The van der Waals surface area contributed by atoms with Crippen LogP contribution in [0.2, 0.25) is 0 Å². The molecule has 0 bridgehead atoms. The zero-order valence-electron chi connectivity index (χ0n) is 14.3. The highest BCUT2D eigenvalue weighted by Crippen LogP contribution is 2.33. The lowest BCUT2D eigenvalue weighted by molar-refractivity contribution is -0.128. The topological polar surface area (TPSA) is 78.5 Å². The third-order valence-electron chi connectivity index (χ3n) is 4.75. The van der Waals surface area contributed by atoms with Crippen molar-refractivity contribution in [1.29, 1.82) is 0 Å². The van der Waals surface area contributed by atoms with E-state index in [1.807, 2.05) is 30.9 Å². The largest absolute Gasteiger partial charge is 0.339 e. The number of hydrogen-bond donors (Lipinski definition) is 2. The third kappa shape index (κ3) is 3.27. The molecule has 1 saturated carbocycles. The molecule has 2 fully saturated rings. The Kier molecular flexibility index (Phi) is 4.30. The molecule has 1 aliphatic heterocycles. The highest BCUT2D eigenvalue weighted by Gasteiger charge is 2.41. The molecule has 3 rings (SSSR count). The van der Waals surface area contributed by atoms with E-state index in [2.05, 4.69) is 10.6 Å². The highest BCUT2D eigenvalue weighted by atomic mass is 16.2. The molecule has 6 nitrogen and oxygen atoms in total. The number of anilines is 2. The van der Waals surface area contributed by atoms with E-state index in [1.54, 1.807) is 0 Å². The van der Waals surface area contributed by atoms with Crippen LogP contribution in [0.5, 0.6) is 0 Å². The summed E-state index contributed by atoms with van der Waals surface area (Å²) in [5.74, 6) is -0.501. The predicted molar refractivity (Wildman–Crippen MR) is 91.7 cm³/mol. The zero-order chi connectivity index (χ0) is 17.4. The molecular formula is C18H23N3O3. The summed E-state index contributed by atoms with van der Waals surface area (Å²) in [5.41, 5.74) is 3.16. The van der Waals surface area contributed by atoms with Crippen LogP contribution in [-0.4, -0.2) is 35.2 Å². The quantitative estimate of drug-likeness (QED) is 0.889. The van der Waals surface area contributed by atoms with Crippen molar-refractivity contribution in [3.05, 3.63) is 23.3 Å². The van der Waals surface area contributed by atoms with Gasteiger partial charge in [-0.2, -0.15) is 0 Å². The monoisotopic (exact) mass is 329 g/mol. The van der Waals surface area contributed by atoms with Crippen molar-refractivity contribution < 1.29 is 14.4 Å². The average Bonchev–Trinajstić information content (AvgIpc) is 3.28. The summed E-state index contributed by atoms with van der Waals surface area (Å²) < 4.78 is 0. The van der Waals surface area contributed by atoms with E-state index >= 15 is 0 Å². The summed E-state index contributed by atoms with van der Waals surface area (Å²) in [6.07, 6.45) is 2.39. The summed E-state index contributed by atoms with van der Waals surface area (Å²) in [6.45, 7) is 5.75. The summed E-state index contributed by atoms with van der Waals surface area (Å²) in [4.78, 5) is 37.8. The first-order valence-corrected chi connectivity index (χ1v) is 8.35. The van der Waals surface area contributed by atoms with Gasteiger partial charge in [0.1, 0.15) is 0 Å². The van der Waals surface area contributed by atoms with Crippen LogP contribution in [0.15, 0.2) is 12.1 Å². The summed E-state index contributed by atoms with van der Waals surface area (Å²) in [7, 11) is 0. The maximum absolute atomic E-state index is 12.5. The van der Waals surface area contributed by atoms with Gasteiger partial charge in [-0.05, 0) is 43.9 Å². The number of nitrogens with one attached hydrogen (secondary N) is 2. The van der Waals surface area contributed by atoms with Gasteiger partial charge in [-0.25, -0.2) is 0 Å². The minimum absolute atomic E-state index is 0.0808. The predicted octanol–water partition coefficient (Wildman–Crippen LogP) is 2.21. The standard InChI is InChI=1S/C18H23N3O3/c1-10-4-7-15(11(2)17(10)19-12(3)22)20-18(24)13-8-16(23)21(9-13)14-5-6-14/h4,7,13-14H,5-6,8-9H2,1-3H3,(H,19,22)(H,20,24)/t13-/m0/s1. The summed E-state index contributed by atoms with van der Waals surface area (Å²) in [5, 5.41) is 5.73. The lowest BCUT2D eigenvalue weighted by Gasteiger charge is -2.18. The van der Waals surface area contributed by atoms with Gasteiger partial charge >= 0.3 is 0 Å². The van der Waals surface area contributed by atoms with Gasteiger partial charge in [0.05, 0.1) is 5.92 Å². The minimum Gasteiger partial charge on any atom is -0.339 e. The number of benzene rings is 1. The van der Waals surface area contributed by atoms with E-state index in [4.69, 9.17) is 0 Å². The second kappa shape index (κ2) is 6.26. The van der Waals surface area contributed by atoms with Crippen molar-refractivity contribution in [2.24, 2.45) is 5.92 Å². The fourth-order valence-electron chi connectivity index (χ4n) is 3.23. The van der Waals surface area contributed by atoms with Gasteiger partial charge in [-0.15, -0.1) is 0 Å². The first kappa shape index (κ1) is 16.5. The Balaban J connectivity index is 1.72. The highest BCUT2D eigenvalue weighted by molar-refractivity contribution is 5.99. The Morgan fingerprint density at radius 2 is 1.88 bits per heavy atom. The van der Waals surface area contributed by atoms with Crippen molar-refractivity contribution in [2.75, 3.05) is 17.2 Å². The van der Waals surface area contributed by atoms with E-state index in [9.17, 15) is 14.4 Å². The molecule has 1 saturated heterocycles. The van der Waals surface area contributed by atoms with Crippen LogP contribution < -0.4 is 10.6 Å². The van der Waals surface area contributed by atoms with Crippen LogP contribution in [-0.2, 0) is 14.4 Å². The van der Waals surface area contributed by atoms with Gasteiger partial charge in [-0.3, -0.25) is 14.4 Å². The van der Waals surface area contributed by atoms with Crippen molar-refractivity contribution in [3.63, 3.8) is 0 Å². The first-order chi connectivity index (χ1) is 11.4. The fraction of sp³-hybridized carbons (Fsp3) is 0.500. The molecule has 1 aromatic rings. The van der Waals surface area contributed by atoms with Crippen molar-refractivity contribution in [3.8, 4) is 0 Å². The van der Waals surface area contributed by atoms with Gasteiger partial charge in [0, 0.05) is 37.3 Å². The fourth-order valence-corrected chi connectivity index (χ4v) is 3.23. The number of nitrogens with zero attached hydrogens (tertiary/aromatic N) is 1. The maximum Gasteiger partial charge on any atom is 0.229 e. The smallest absolute Gasteiger partial charge is 0.229 e. The van der Waals surface area contributed by atoms with Gasteiger partial charge in [0.15, 0.2) is 0 Å². The molecule has 128 valence electrons. The number of carbonyl (C=O) groups is 3. The van der Waals surface area contributed by atoms with E-state index in [0.29, 0.717) is 18.3 Å². The lowest BCUT2D eigenvalue weighted by Crippen LogP contribution is -2.30. The van der Waals surface area contributed by atoms with Crippen molar-refractivity contribution >= 4 is 29.1 Å². The number of hydrogen-bond acceptors (Lipinski definition) is 3. The van der Waals surface area contributed by atoms with Gasteiger partial charge in [-0.1, -0.05) is 6.07 Å². The molecule has 1 heterocycles. The maximum atomic E-state index is 12.5. The molecule has 0 unspecified atom stereocenters. The van der Waals surface area contributed by atoms with Gasteiger partial charge < -0.3 is 15.5 Å². The number of likely N-dealkylation sites (tertiary alicyclic amines) is 1. The van der Waals surface area contributed by atoms with Crippen LogP contribution >= 0.6 is 0 Å². The van der Waals surface area contributed by atoms with Crippen LogP contribution in [0.3, 0.4) is 0 Å². The Hall–Kier alpha value is -2.37. The lowest BCUT2D eigenvalue weighted by atomic mass is 10.0. The molecule has 2 aliphatic rings. The minimum atomic E-state index is -0.303. The Morgan fingerprint density at radius 3 is 2.50 bits per heavy atom. The molecule has 3 amide bonds. The number of rotatable bonds is 4. The molecule has 1 aliphatic carbocycles. The van der Waals surface area contributed by atoms with E-state index in [-0.39, 0.29) is 30.1 Å². The molecule has 2 N–H and O–H groups in total. The van der Waals surface area contributed by atoms with Gasteiger partial charge in [0.2, 0.25) is 17.7 Å². The Morgan fingerprint density at radius 1 is 1.17 bits per heavy atom. The average molecular weight is 329 g/mol. The summed E-state index contributed by atoms with van der Waals surface area (Å²) >= 11 is 0. The van der Waals surface area contributed by atoms with E-state index in [1.165, 1.54) is 6.92 Å². The zero-order valence-corrected chi connectivity index (χ0v) is 14.3. The molecule has 24 heavy (non-hydrogen) atoms. The first-order valence-electron chi connectivity index (χ1n) is 8.35. The van der Waals surface area contributed by atoms with Crippen LogP contribution in [0, 0.1) is 19.8 Å². The third-order valence-corrected chi connectivity index (χ3v) is 4.75. The molecular weight excluding hydrogens is 306 g/mol. The number of carbonyl (C=O) groups excluding carboxylic acids is 3. The Bertz CT molecular complexity index is 710. The normalized spacial score (nSPS) is 20.2. The van der Waals surface area contributed by atoms with Crippen molar-refractivity contribution in [1.82, 2.24) is 4.90 Å². The van der Waals surface area contributed by atoms with Gasteiger partial charge in [0.25, 0.3) is 0 Å². The molecule has 1 aromatic carbocycles. The molecule has 0 spiro atoms. The summed E-state index contributed by atoms with van der Waals surface area (Å²) in [6, 6.07) is 4.05. The Labute approximate surface area is 141 Å².